The van der Waals surface area contributed by atoms with Crippen molar-refractivity contribution in [3.63, 3.8) is 0 Å². The summed E-state index contributed by atoms with van der Waals surface area (Å²) in [6, 6.07) is 0. The molecule has 13 heavy (non-hydrogen) atoms. The van der Waals surface area contributed by atoms with E-state index in [0.29, 0.717) is 6.42 Å². The number of esters is 1. The number of hydrogen-bond acceptors (Lipinski definition) is 3. The average molecular weight is 186 g/mol. The summed E-state index contributed by atoms with van der Waals surface area (Å²) in [5.74, 6) is -0.148. The van der Waals surface area contributed by atoms with Gasteiger partial charge in [0.1, 0.15) is 5.78 Å². The predicted molar refractivity (Wildman–Crippen MR) is 50.3 cm³/mol. The van der Waals surface area contributed by atoms with E-state index in [1.165, 1.54) is 7.11 Å². The van der Waals surface area contributed by atoms with Crippen LogP contribution in [0.3, 0.4) is 0 Å². The Balaban J connectivity index is 4.26. The number of carbonyl (C=O) groups is 2. The highest BCUT2D eigenvalue weighted by Gasteiger charge is 2.23. The van der Waals surface area contributed by atoms with Gasteiger partial charge in [-0.2, -0.15) is 0 Å². The van der Waals surface area contributed by atoms with Gasteiger partial charge in [-0.1, -0.05) is 20.8 Å². The zero-order valence-electron chi connectivity index (χ0n) is 8.79. The molecule has 0 rings (SSSR count). The highest BCUT2D eigenvalue weighted by atomic mass is 16.5. The lowest BCUT2D eigenvalue weighted by Crippen LogP contribution is -2.23. The summed E-state index contributed by atoms with van der Waals surface area (Å²) >= 11 is 0. The van der Waals surface area contributed by atoms with Crippen LogP contribution < -0.4 is 0 Å². The van der Waals surface area contributed by atoms with Gasteiger partial charge in [-0.05, 0) is 5.92 Å². The van der Waals surface area contributed by atoms with E-state index >= 15 is 0 Å². The first kappa shape index (κ1) is 12.1. The van der Waals surface area contributed by atoms with Crippen LogP contribution in [0.25, 0.3) is 0 Å². The number of hydrogen-bond donors (Lipinski definition) is 0. The van der Waals surface area contributed by atoms with Crippen molar-refractivity contribution >= 4 is 11.8 Å². The molecule has 0 amide bonds. The largest absolute Gasteiger partial charge is 0.469 e. The molecule has 0 N–H and O–H groups in total. The third-order valence-electron chi connectivity index (χ3n) is 2.18. The first-order chi connectivity index (χ1) is 6.02. The average Bonchev–Trinajstić information content (AvgIpc) is 2.11. The standard InChI is InChI=1S/C10H18O3/c1-5-9(11)8(7(2)3)6-10(12)13-4/h7-8H,5-6H2,1-4H3. The molecule has 0 spiro atoms. The zero-order valence-corrected chi connectivity index (χ0v) is 8.79. The Hall–Kier alpha value is -0.860. The number of methoxy groups -OCH3 is 1. The Bertz CT molecular complexity index is 185. The van der Waals surface area contributed by atoms with Gasteiger partial charge in [-0.15, -0.1) is 0 Å². The Morgan fingerprint density at radius 2 is 1.85 bits per heavy atom. The topological polar surface area (TPSA) is 43.4 Å². The van der Waals surface area contributed by atoms with Crippen LogP contribution >= 0.6 is 0 Å². The van der Waals surface area contributed by atoms with Crippen molar-refractivity contribution in [1.29, 1.82) is 0 Å². The molecule has 0 saturated carbocycles. The summed E-state index contributed by atoms with van der Waals surface area (Å²) in [6.45, 7) is 5.71. The fraction of sp³-hybridized carbons (Fsp3) is 0.800. The van der Waals surface area contributed by atoms with Crippen LogP contribution in [0.5, 0.6) is 0 Å². The molecular weight excluding hydrogens is 168 g/mol. The normalized spacial score (nSPS) is 12.7. The van der Waals surface area contributed by atoms with E-state index in [2.05, 4.69) is 4.74 Å². The molecule has 3 nitrogen and oxygen atoms in total. The van der Waals surface area contributed by atoms with Crippen molar-refractivity contribution in [1.82, 2.24) is 0 Å². The third kappa shape index (κ3) is 4.06. The van der Waals surface area contributed by atoms with Crippen molar-refractivity contribution < 1.29 is 14.3 Å². The van der Waals surface area contributed by atoms with E-state index in [1.54, 1.807) is 0 Å². The Morgan fingerprint density at radius 3 is 2.15 bits per heavy atom. The lowest BCUT2D eigenvalue weighted by atomic mass is 9.87. The van der Waals surface area contributed by atoms with Crippen LogP contribution in [-0.4, -0.2) is 18.9 Å². The quantitative estimate of drug-likeness (QED) is 0.615. The van der Waals surface area contributed by atoms with Crippen LogP contribution in [-0.2, 0) is 14.3 Å². The Morgan fingerprint density at radius 1 is 1.31 bits per heavy atom. The first-order valence-electron chi connectivity index (χ1n) is 4.62. The summed E-state index contributed by atoms with van der Waals surface area (Å²) in [5, 5.41) is 0. The summed E-state index contributed by atoms with van der Waals surface area (Å²) in [5.41, 5.74) is 0. The predicted octanol–water partition coefficient (Wildman–Crippen LogP) is 1.80. The first-order valence-corrected chi connectivity index (χ1v) is 4.62. The summed E-state index contributed by atoms with van der Waals surface area (Å²) in [6.07, 6.45) is 0.695. The molecule has 0 aromatic rings. The van der Waals surface area contributed by atoms with E-state index in [4.69, 9.17) is 0 Å². The fourth-order valence-corrected chi connectivity index (χ4v) is 1.25. The molecular formula is C10H18O3. The fourth-order valence-electron chi connectivity index (χ4n) is 1.25. The molecule has 0 aliphatic carbocycles. The van der Waals surface area contributed by atoms with Crippen LogP contribution in [0.2, 0.25) is 0 Å². The van der Waals surface area contributed by atoms with Crippen LogP contribution in [0, 0.1) is 11.8 Å². The lowest BCUT2D eigenvalue weighted by molar-refractivity contribution is -0.144. The monoisotopic (exact) mass is 186 g/mol. The van der Waals surface area contributed by atoms with Gasteiger partial charge in [0.05, 0.1) is 13.5 Å². The van der Waals surface area contributed by atoms with Crippen LogP contribution in [0.4, 0.5) is 0 Å². The number of Topliss-reactive ketones (excluding diaryl/α,β-unsaturated/α-hetero) is 1. The highest BCUT2D eigenvalue weighted by molar-refractivity contribution is 5.85. The molecule has 0 aromatic carbocycles. The molecule has 0 heterocycles. The van der Waals surface area contributed by atoms with E-state index in [1.807, 2.05) is 20.8 Å². The van der Waals surface area contributed by atoms with E-state index < -0.39 is 0 Å². The number of rotatable bonds is 5. The van der Waals surface area contributed by atoms with E-state index in [9.17, 15) is 9.59 Å². The number of ketones is 1. The molecule has 0 saturated heterocycles. The van der Waals surface area contributed by atoms with Crippen molar-refractivity contribution in [2.75, 3.05) is 7.11 Å². The minimum atomic E-state index is -0.305. The molecule has 0 fully saturated rings. The van der Waals surface area contributed by atoms with Gasteiger partial charge in [0.25, 0.3) is 0 Å². The number of carbonyl (C=O) groups excluding carboxylic acids is 2. The molecule has 0 aliphatic heterocycles. The van der Waals surface area contributed by atoms with Crippen molar-refractivity contribution in [3.05, 3.63) is 0 Å². The molecule has 0 bridgehead atoms. The van der Waals surface area contributed by atoms with Gasteiger partial charge in [0.15, 0.2) is 0 Å². The number of ether oxygens (including phenoxy) is 1. The molecule has 76 valence electrons. The lowest BCUT2D eigenvalue weighted by Gasteiger charge is -2.17. The second kappa shape index (κ2) is 5.73. The van der Waals surface area contributed by atoms with Crippen molar-refractivity contribution in [3.8, 4) is 0 Å². The van der Waals surface area contributed by atoms with Gasteiger partial charge in [-0.25, -0.2) is 0 Å². The molecule has 1 atom stereocenters. The minimum absolute atomic E-state index is 0.139. The SMILES string of the molecule is CCC(=O)C(CC(=O)OC)C(C)C. The smallest absolute Gasteiger partial charge is 0.306 e. The van der Waals surface area contributed by atoms with Crippen molar-refractivity contribution in [2.24, 2.45) is 11.8 Å². The maximum absolute atomic E-state index is 11.4. The summed E-state index contributed by atoms with van der Waals surface area (Å²) < 4.78 is 4.53. The van der Waals surface area contributed by atoms with Gasteiger partial charge in [0.2, 0.25) is 0 Å². The van der Waals surface area contributed by atoms with Crippen LogP contribution in [0.15, 0.2) is 0 Å². The van der Waals surface area contributed by atoms with Gasteiger partial charge >= 0.3 is 5.97 Å². The zero-order chi connectivity index (χ0) is 10.4. The van der Waals surface area contributed by atoms with Gasteiger partial charge < -0.3 is 4.74 Å². The molecule has 0 radical (unpaired) electrons. The van der Waals surface area contributed by atoms with Gasteiger partial charge in [-0.3, -0.25) is 9.59 Å². The maximum atomic E-state index is 11.4. The maximum Gasteiger partial charge on any atom is 0.306 e. The molecule has 1 unspecified atom stereocenters. The third-order valence-corrected chi connectivity index (χ3v) is 2.18. The Kier molecular flexibility index (Phi) is 5.35. The van der Waals surface area contributed by atoms with E-state index in [0.717, 1.165) is 0 Å². The summed E-state index contributed by atoms with van der Waals surface area (Å²) in [7, 11) is 1.34. The van der Waals surface area contributed by atoms with Crippen LogP contribution in [0.1, 0.15) is 33.6 Å². The molecule has 3 heteroatoms. The minimum Gasteiger partial charge on any atom is -0.469 e. The second-order valence-corrected chi connectivity index (χ2v) is 3.45. The Labute approximate surface area is 79.5 Å². The van der Waals surface area contributed by atoms with E-state index in [-0.39, 0.29) is 30.0 Å². The van der Waals surface area contributed by atoms with Crippen molar-refractivity contribution in [2.45, 2.75) is 33.6 Å². The molecule has 0 aliphatic rings. The van der Waals surface area contributed by atoms with Gasteiger partial charge in [0, 0.05) is 12.3 Å². The second-order valence-electron chi connectivity index (χ2n) is 3.45. The summed E-state index contributed by atoms with van der Waals surface area (Å²) in [4.78, 5) is 22.4. The highest BCUT2D eigenvalue weighted by Crippen LogP contribution is 2.18. The molecule has 0 aromatic heterocycles.